The van der Waals surface area contributed by atoms with Gasteiger partial charge < -0.3 is 11.1 Å². The number of benzene rings is 1. The van der Waals surface area contributed by atoms with E-state index in [9.17, 15) is 4.79 Å². The molecule has 5 heteroatoms. The number of hydrogen-bond donors (Lipinski definition) is 2. The molecule has 0 spiro atoms. The lowest BCUT2D eigenvalue weighted by atomic mass is 9.85. The average molecular weight is 333 g/mol. The number of hydrogen-bond acceptors (Lipinski definition) is 2. The molecule has 0 aliphatic carbocycles. The van der Waals surface area contributed by atoms with Crippen LogP contribution in [-0.4, -0.2) is 12.5 Å². The lowest BCUT2D eigenvalue weighted by Crippen LogP contribution is -2.31. The van der Waals surface area contributed by atoms with E-state index in [4.69, 9.17) is 17.3 Å². The number of rotatable bonds is 6. The summed E-state index contributed by atoms with van der Waals surface area (Å²) in [5.41, 5.74) is 6.66. The van der Waals surface area contributed by atoms with Crippen molar-refractivity contribution in [3.05, 3.63) is 34.9 Å². The number of halogens is 2. The van der Waals surface area contributed by atoms with E-state index in [1.807, 2.05) is 24.3 Å². The third-order valence-electron chi connectivity index (χ3n) is 3.03. The van der Waals surface area contributed by atoms with Gasteiger partial charge >= 0.3 is 0 Å². The van der Waals surface area contributed by atoms with E-state index in [0.29, 0.717) is 24.4 Å². The average Bonchev–Trinajstić information content (AvgIpc) is 2.35. The van der Waals surface area contributed by atoms with Crippen molar-refractivity contribution in [2.45, 2.75) is 46.1 Å². The van der Waals surface area contributed by atoms with Crippen LogP contribution in [0.2, 0.25) is 5.02 Å². The summed E-state index contributed by atoms with van der Waals surface area (Å²) in [6.45, 7) is 7.05. The summed E-state index contributed by atoms with van der Waals surface area (Å²) in [6, 6.07) is 7.68. The molecule has 0 bridgehead atoms. The standard InChI is InChI=1S/C16H25ClN2O.ClH/c1-16(2,3)11-14(19-15(20)5-4-10-18)12-6-8-13(17)9-7-12;/h6-9,14H,4-5,10-11,18H2,1-3H3,(H,19,20);1H. The van der Waals surface area contributed by atoms with Crippen molar-refractivity contribution in [2.24, 2.45) is 11.1 Å². The highest BCUT2D eigenvalue weighted by molar-refractivity contribution is 6.30. The van der Waals surface area contributed by atoms with Crippen molar-refractivity contribution in [2.75, 3.05) is 6.54 Å². The SMILES string of the molecule is CC(C)(C)CC(NC(=O)CCCN)c1ccc(Cl)cc1.Cl. The molecule has 0 heterocycles. The molecular weight excluding hydrogens is 307 g/mol. The normalized spacial score (nSPS) is 12.4. The fourth-order valence-electron chi connectivity index (χ4n) is 2.09. The summed E-state index contributed by atoms with van der Waals surface area (Å²) in [5, 5.41) is 3.81. The zero-order valence-corrected chi connectivity index (χ0v) is 14.6. The molecule has 1 amide bonds. The van der Waals surface area contributed by atoms with Gasteiger partial charge in [-0.3, -0.25) is 4.79 Å². The molecule has 0 radical (unpaired) electrons. The van der Waals surface area contributed by atoms with Crippen LogP contribution in [0.4, 0.5) is 0 Å². The molecule has 21 heavy (non-hydrogen) atoms. The minimum atomic E-state index is 0. The maximum Gasteiger partial charge on any atom is 0.220 e. The van der Waals surface area contributed by atoms with E-state index >= 15 is 0 Å². The second-order valence-corrected chi connectivity index (χ2v) is 6.77. The second kappa shape index (κ2) is 9.29. The summed E-state index contributed by atoms with van der Waals surface area (Å²) in [5.74, 6) is 0.0552. The second-order valence-electron chi connectivity index (χ2n) is 6.33. The molecule has 1 aromatic carbocycles. The van der Waals surface area contributed by atoms with E-state index in [1.54, 1.807) is 0 Å². The van der Waals surface area contributed by atoms with Gasteiger partial charge in [-0.1, -0.05) is 44.5 Å². The fraction of sp³-hybridized carbons (Fsp3) is 0.562. The maximum atomic E-state index is 11.9. The topological polar surface area (TPSA) is 55.1 Å². The van der Waals surface area contributed by atoms with Crippen molar-refractivity contribution < 1.29 is 4.79 Å². The van der Waals surface area contributed by atoms with Gasteiger partial charge in [0.25, 0.3) is 0 Å². The van der Waals surface area contributed by atoms with Crippen molar-refractivity contribution in [1.82, 2.24) is 5.32 Å². The highest BCUT2D eigenvalue weighted by Gasteiger charge is 2.21. The molecule has 1 aromatic rings. The van der Waals surface area contributed by atoms with Crippen molar-refractivity contribution >= 4 is 29.9 Å². The van der Waals surface area contributed by atoms with Crippen LogP contribution >= 0.6 is 24.0 Å². The number of nitrogens with one attached hydrogen (secondary N) is 1. The van der Waals surface area contributed by atoms with Gasteiger partial charge in [0, 0.05) is 11.4 Å². The lowest BCUT2D eigenvalue weighted by molar-refractivity contribution is -0.122. The van der Waals surface area contributed by atoms with Gasteiger partial charge in [0.2, 0.25) is 5.91 Å². The highest BCUT2D eigenvalue weighted by atomic mass is 35.5. The molecule has 0 aliphatic heterocycles. The quantitative estimate of drug-likeness (QED) is 0.824. The smallest absolute Gasteiger partial charge is 0.220 e. The fourth-order valence-corrected chi connectivity index (χ4v) is 2.21. The van der Waals surface area contributed by atoms with Crippen molar-refractivity contribution in [3.8, 4) is 0 Å². The molecule has 0 aliphatic rings. The summed E-state index contributed by atoms with van der Waals surface area (Å²) in [7, 11) is 0. The zero-order valence-electron chi connectivity index (χ0n) is 13.0. The van der Waals surface area contributed by atoms with Gasteiger partial charge in [-0.2, -0.15) is 0 Å². The Morgan fingerprint density at radius 2 is 1.86 bits per heavy atom. The molecule has 0 fully saturated rings. The van der Waals surface area contributed by atoms with Gasteiger partial charge in [-0.25, -0.2) is 0 Å². The first-order valence-electron chi connectivity index (χ1n) is 7.07. The number of carbonyl (C=O) groups is 1. The van der Waals surface area contributed by atoms with Crippen LogP contribution in [0.5, 0.6) is 0 Å². The Morgan fingerprint density at radius 3 is 2.33 bits per heavy atom. The molecule has 0 saturated heterocycles. The molecule has 3 nitrogen and oxygen atoms in total. The van der Waals surface area contributed by atoms with Crippen LogP contribution in [0.3, 0.4) is 0 Å². The summed E-state index contributed by atoms with van der Waals surface area (Å²) >= 11 is 5.92. The first-order chi connectivity index (χ1) is 9.31. The largest absolute Gasteiger partial charge is 0.349 e. The Bertz CT molecular complexity index is 427. The summed E-state index contributed by atoms with van der Waals surface area (Å²) < 4.78 is 0. The molecule has 0 saturated carbocycles. The zero-order chi connectivity index (χ0) is 15.2. The molecule has 1 rings (SSSR count). The number of amides is 1. The lowest BCUT2D eigenvalue weighted by Gasteiger charge is -2.27. The molecule has 1 atom stereocenters. The van der Waals surface area contributed by atoms with Crippen molar-refractivity contribution in [1.29, 1.82) is 0 Å². The minimum Gasteiger partial charge on any atom is -0.349 e. The van der Waals surface area contributed by atoms with Crippen LogP contribution < -0.4 is 11.1 Å². The summed E-state index contributed by atoms with van der Waals surface area (Å²) in [6.07, 6.45) is 2.07. The predicted molar refractivity (Wildman–Crippen MR) is 91.9 cm³/mol. The van der Waals surface area contributed by atoms with Crippen LogP contribution in [0.1, 0.15) is 51.6 Å². The van der Waals surface area contributed by atoms with E-state index in [1.165, 1.54) is 0 Å². The highest BCUT2D eigenvalue weighted by Crippen LogP contribution is 2.30. The van der Waals surface area contributed by atoms with E-state index < -0.39 is 0 Å². The monoisotopic (exact) mass is 332 g/mol. The molecule has 120 valence electrons. The first-order valence-corrected chi connectivity index (χ1v) is 7.44. The van der Waals surface area contributed by atoms with E-state index in [-0.39, 0.29) is 29.8 Å². The van der Waals surface area contributed by atoms with Gasteiger partial charge in [0.05, 0.1) is 6.04 Å². The predicted octanol–water partition coefficient (Wildman–Crippen LogP) is 4.09. The molecular formula is C16H26Cl2N2O. The summed E-state index contributed by atoms with van der Waals surface area (Å²) in [4.78, 5) is 11.9. The molecule has 0 aromatic heterocycles. The Hall–Kier alpha value is -0.770. The number of carbonyl (C=O) groups excluding carboxylic acids is 1. The van der Waals surface area contributed by atoms with Gasteiger partial charge in [0.1, 0.15) is 0 Å². The Kier molecular flexibility index (Phi) is 8.95. The minimum absolute atomic E-state index is 0. The van der Waals surface area contributed by atoms with Gasteiger partial charge in [-0.15, -0.1) is 12.4 Å². The van der Waals surface area contributed by atoms with Crippen LogP contribution in [0.15, 0.2) is 24.3 Å². The van der Waals surface area contributed by atoms with Crippen LogP contribution in [0, 0.1) is 5.41 Å². The Morgan fingerprint density at radius 1 is 1.29 bits per heavy atom. The number of nitrogens with two attached hydrogens (primary N) is 1. The van der Waals surface area contributed by atoms with Crippen LogP contribution in [-0.2, 0) is 4.79 Å². The first kappa shape index (κ1) is 20.2. The third kappa shape index (κ3) is 8.30. The van der Waals surface area contributed by atoms with E-state index in [0.717, 1.165) is 12.0 Å². The molecule has 1 unspecified atom stereocenters. The Balaban J connectivity index is 0.00000400. The van der Waals surface area contributed by atoms with Gasteiger partial charge in [-0.05, 0) is 42.5 Å². The third-order valence-corrected chi connectivity index (χ3v) is 3.28. The van der Waals surface area contributed by atoms with Gasteiger partial charge in [0.15, 0.2) is 0 Å². The molecule has 3 N–H and O–H groups in total. The van der Waals surface area contributed by atoms with Crippen LogP contribution in [0.25, 0.3) is 0 Å². The van der Waals surface area contributed by atoms with Crippen molar-refractivity contribution in [3.63, 3.8) is 0 Å². The van der Waals surface area contributed by atoms with E-state index in [2.05, 4.69) is 26.1 Å². The Labute approximate surface area is 139 Å². The maximum absolute atomic E-state index is 11.9.